The third kappa shape index (κ3) is 4.43. The number of rotatable bonds is 4. The van der Waals surface area contributed by atoms with E-state index in [2.05, 4.69) is 4.74 Å². The minimum atomic E-state index is -4.72. The molecule has 7 heteroatoms. The van der Waals surface area contributed by atoms with Gasteiger partial charge in [-0.2, -0.15) is 0 Å². The number of carbonyl (C=O) groups excluding carboxylic acids is 1. The lowest BCUT2D eigenvalue weighted by Gasteiger charge is -2.14. The maximum absolute atomic E-state index is 12.2. The van der Waals surface area contributed by atoms with E-state index in [1.54, 1.807) is 0 Å². The van der Waals surface area contributed by atoms with Crippen LogP contribution in [0, 0.1) is 6.92 Å². The second kappa shape index (κ2) is 6.66. The average Bonchev–Trinajstić information content (AvgIpc) is 2.89. The van der Waals surface area contributed by atoms with Gasteiger partial charge in [0.25, 0.3) is 0 Å². The molecule has 1 unspecified atom stereocenters. The second-order valence-electron chi connectivity index (χ2n) is 5.86. The molecule has 1 saturated heterocycles. The number of amides is 1. The summed E-state index contributed by atoms with van der Waals surface area (Å²) in [5.74, 6) is -0.294. The molecule has 0 bridgehead atoms. The quantitative estimate of drug-likeness (QED) is 0.809. The maximum Gasteiger partial charge on any atom is 0.573 e. The summed E-state index contributed by atoms with van der Waals surface area (Å²) >= 11 is 0. The predicted octanol–water partition coefficient (Wildman–Crippen LogP) is 4.59. The highest BCUT2D eigenvalue weighted by molar-refractivity contribution is 5.70. The smallest absolute Gasteiger partial charge is 0.439 e. The number of ether oxygens (including phenoxy) is 2. The Morgan fingerprint density at radius 2 is 1.76 bits per heavy atom. The molecule has 1 atom stereocenters. The van der Waals surface area contributed by atoms with E-state index in [1.165, 1.54) is 29.2 Å². The van der Waals surface area contributed by atoms with Gasteiger partial charge < -0.3 is 9.47 Å². The van der Waals surface area contributed by atoms with Gasteiger partial charge in [0.2, 0.25) is 0 Å². The minimum absolute atomic E-state index is 0.257. The summed E-state index contributed by atoms with van der Waals surface area (Å²) < 4.78 is 45.7. The molecule has 1 amide bonds. The van der Waals surface area contributed by atoms with Gasteiger partial charge >= 0.3 is 12.5 Å². The normalized spacial score (nSPS) is 17.5. The number of cyclic esters (lactones) is 1. The van der Waals surface area contributed by atoms with Crippen LogP contribution in [0.25, 0.3) is 0 Å². The monoisotopic (exact) mass is 351 g/mol. The summed E-state index contributed by atoms with van der Waals surface area (Å²) in [5, 5.41) is 0. The third-order valence-corrected chi connectivity index (χ3v) is 3.87. The van der Waals surface area contributed by atoms with Gasteiger partial charge in [0.05, 0.1) is 6.54 Å². The molecule has 1 aliphatic rings. The van der Waals surface area contributed by atoms with Gasteiger partial charge in [-0.05, 0) is 30.2 Å². The lowest BCUT2D eigenvalue weighted by molar-refractivity contribution is -0.274. The first-order valence-electron chi connectivity index (χ1n) is 7.67. The van der Waals surface area contributed by atoms with Crippen molar-refractivity contribution in [3.05, 3.63) is 65.2 Å². The van der Waals surface area contributed by atoms with Gasteiger partial charge in [0, 0.05) is 6.54 Å². The van der Waals surface area contributed by atoms with Crippen LogP contribution in [0.3, 0.4) is 0 Å². The first-order chi connectivity index (χ1) is 11.8. The fourth-order valence-corrected chi connectivity index (χ4v) is 2.61. The van der Waals surface area contributed by atoms with E-state index in [9.17, 15) is 18.0 Å². The van der Waals surface area contributed by atoms with Crippen LogP contribution in [0.1, 0.15) is 22.8 Å². The number of aryl methyl sites for hydroxylation is 1. The Morgan fingerprint density at radius 3 is 2.36 bits per heavy atom. The molecule has 2 aromatic carbocycles. The van der Waals surface area contributed by atoms with Crippen molar-refractivity contribution in [2.24, 2.45) is 0 Å². The maximum atomic E-state index is 12.2. The SMILES string of the molecule is Cc1ccc(C2CN(Cc3ccc(OC(F)(F)F)cc3)C(=O)O2)cc1. The van der Waals surface area contributed by atoms with E-state index in [0.717, 1.165) is 11.1 Å². The van der Waals surface area contributed by atoms with E-state index in [0.29, 0.717) is 12.1 Å². The molecule has 0 aliphatic carbocycles. The minimum Gasteiger partial charge on any atom is -0.439 e. The fraction of sp³-hybridized carbons (Fsp3) is 0.278. The molecular weight excluding hydrogens is 335 g/mol. The number of alkyl halides is 3. The zero-order valence-electron chi connectivity index (χ0n) is 13.4. The van der Waals surface area contributed by atoms with E-state index >= 15 is 0 Å². The molecule has 0 N–H and O–H groups in total. The molecular formula is C18H16F3NO3. The highest BCUT2D eigenvalue weighted by Crippen LogP contribution is 2.28. The molecule has 2 aromatic rings. The molecule has 1 heterocycles. The lowest BCUT2D eigenvalue weighted by atomic mass is 10.1. The number of carbonyl (C=O) groups is 1. The third-order valence-electron chi connectivity index (χ3n) is 3.87. The van der Waals surface area contributed by atoms with Gasteiger partial charge in [-0.1, -0.05) is 42.0 Å². The topological polar surface area (TPSA) is 38.8 Å². The molecule has 0 spiro atoms. The van der Waals surface area contributed by atoms with Crippen LogP contribution < -0.4 is 4.74 Å². The van der Waals surface area contributed by atoms with Gasteiger partial charge in [0.1, 0.15) is 11.9 Å². The largest absolute Gasteiger partial charge is 0.573 e. The van der Waals surface area contributed by atoms with Crippen LogP contribution in [-0.2, 0) is 11.3 Å². The summed E-state index contributed by atoms with van der Waals surface area (Å²) in [7, 11) is 0. The summed E-state index contributed by atoms with van der Waals surface area (Å²) in [5.41, 5.74) is 2.72. The molecule has 0 saturated carbocycles. The molecule has 1 aliphatic heterocycles. The Bertz CT molecular complexity index is 742. The highest BCUT2D eigenvalue weighted by Gasteiger charge is 2.33. The number of hydrogen-bond acceptors (Lipinski definition) is 3. The summed E-state index contributed by atoms with van der Waals surface area (Å²) in [4.78, 5) is 13.5. The molecule has 3 rings (SSSR count). The molecule has 132 valence electrons. The van der Waals surface area contributed by atoms with Crippen LogP contribution in [0.2, 0.25) is 0 Å². The Hall–Kier alpha value is -2.70. The fourth-order valence-electron chi connectivity index (χ4n) is 2.61. The Morgan fingerprint density at radius 1 is 1.12 bits per heavy atom. The van der Waals surface area contributed by atoms with E-state index in [1.807, 2.05) is 31.2 Å². The predicted molar refractivity (Wildman–Crippen MR) is 83.9 cm³/mol. The van der Waals surface area contributed by atoms with Crippen molar-refractivity contribution in [2.75, 3.05) is 6.54 Å². The Kier molecular flexibility index (Phi) is 4.57. The van der Waals surface area contributed by atoms with E-state index in [4.69, 9.17) is 4.74 Å². The molecule has 25 heavy (non-hydrogen) atoms. The van der Waals surface area contributed by atoms with Crippen LogP contribution in [0.15, 0.2) is 48.5 Å². The van der Waals surface area contributed by atoms with Crippen molar-refractivity contribution in [2.45, 2.75) is 25.9 Å². The molecule has 1 fully saturated rings. The first kappa shape index (κ1) is 17.1. The highest BCUT2D eigenvalue weighted by atomic mass is 19.4. The number of benzene rings is 2. The van der Waals surface area contributed by atoms with Gasteiger partial charge in [0.15, 0.2) is 0 Å². The van der Waals surface area contributed by atoms with Crippen molar-refractivity contribution < 1.29 is 27.4 Å². The molecule has 0 radical (unpaired) electrons. The van der Waals surface area contributed by atoms with Crippen molar-refractivity contribution in [3.8, 4) is 5.75 Å². The zero-order valence-corrected chi connectivity index (χ0v) is 13.4. The standard InChI is InChI=1S/C18H16F3NO3/c1-12-2-6-14(7-3-12)16-11-22(17(23)24-16)10-13-4-8-15(9-5-13)25-18(19,20)21/h2-9,16H,10-11H2,1H3. The van der Waals surface area contributed by atoms with Gasteiger partial charge in [-0.3, -0.25) is 4.90 Å². The number of nitrogens with zero attached hydrogens (tertiary/aromatic N) is 1. The van der Waals surface area contributed by atoms with E-state index in [-0.39, 0.29) is 18.4 Å². The number of hydrogen-bond donors (Lipinski definition) is 0. The van der Waals surface area contributed by atoms with E-state index < -0.39 is 12.5 Å². The van der Waals surface area contributed by atoms with Crippen molar-refractivity contribution in [1.29, 1.82) is 0 Å². The van der Waals surface area contributed by atoms with Gasteiger partial charge in [-0.15, -0.1) is 13.2 Å². The summed E-state index contributed by atoms with van der Waals surface area (Å²) in [6, 6.07) is 13.2. The zero-order chi connectivity index (χ0) is 18.0. The molecule has 0 aromatic heterocycles. The molecule has 4 nitrogen and oxygen atoms in total. The Labute approximate surface area is 142 Å². The summed E-state index contributed by atoms with van der Waals surface area (Å²) in [6.07, 6.45) is -5.51. The lowest BCUT2D eigenvalue weighted by Crippen LogP contribution is -2.23. The summed E-state index contributed by atoms with van der Waals surface area (Å²) in [6.45, 7) is 2.62. The van der Waals surface area contributed by atoms with Crippen LogP contribution in [0.5, 0.6) is 5.75 Å². The average molecular weight is 351 g/mol. The van der Waals surface area contributed by atoms with Crippen molar-refractivity contribution >= 4 is 6.09 Å². The van der Waals surface area contributed by atoms with Gasteiger partial charge in [-0.25, -0.2) is 4.79 Å². The van der Waals surface area contributed by atoms with Crippen LogP contribution in [-0.4, -0.2) is 23.9 Å². The van der Waals surface area contributed by atoms with Crippen molar-refractivity contribution in [3.63, 3.8) is 0 Å². The second-order valence-corrected chi connectivity index (χ2v) is 5.86. The number of halogens is 3. The van der Waals surface area contributed by atoms with Crippen molar-refractivity contribution in [1.82, 2.24) is 4.90 Å². The Balaban J connectivity index is 1.63. The first-order valence-corrected chi connectivity index (χ1v) is 7.67. The van der Waals surface area contributed by atoms with Crippen LogP contribution in [0.4, 0.5) is 18.0 Å². The van der Waals surface area contributed by atoms with Crippen LogP contribution >= 0.6 is 0 Å².